The number of hydrogen-bond acceptors (Lipinski definition) is 3. The van der Waals surface area contributed by atoms with Gasteiger partial charge in [-0.05, 0) is 34.4 Å². The van der Waals surface area contributed by atoms with Crippen LogP contribution in [0.25, 0.3) is 0 Å². The summed E-state index contributed by atoms with van der Waals surface area (Å²) in [7, 11) is 4.15. The van der Waals surface area contributed by atoms with Gasteiger partial charge < -0.3 is 10.2 Å². The van der Waals surface area contributed by atoms with Crippen LogP contribution in [0.2, 0.25) is 0 Å². The predicted molar refractivity (Wildman–Crippen MR) is 72.3 cm³/mol. The first-order chi connectivity index (χ1) is 7.97. The average molecular weight is 238 g/mol. The summed E-state index contributed by atoms with van der Waals surface area (Å²) in [5.74, 6) is 0. The molecule has 0 aliphatic rings. The van der Waals surface area contributed by atoms with Crippen molar-refractivity contribution in [3.05, 3.63) is 17.0 Å². The number of aromatic nitrogens is 2. The molecule has 0 bridgehead atoms. The Morgan fingerprint density at radius 2 is 2.06 bits per heavy atom. The Balaban J connectivity index is 2.55. The maximum Gasteiger partial charge on any atom is 0.0644 e. The molecule has 98 valence electrons. The van der Waals surface area contributed by atoms with Gasteiger partial charge in [-0.2, -0.15) is 5.10 Å². The van der Waals surface area contributed by atoms with Crippen molar-refractivity contribution in [2.45, 2.75) is 33.7 Å². The standard InChI is InChI=1S/C13H26N4/c1-7-16(5)9-8-14-10(2)13-11(3)15-17(6)12(13)4/h10,14H,7-9H2,1-6H3. The molecule has 0 aliphatic carbocycles. The van der Waals surface area contributed by atoms with E-state index in [0.29, 0.717) is 6.04 Å². The summed E-state index contributed by atoms with van der Waals surface area (Å²) in [5.41, 5.74) is 3.73. The van der Waals surface area contributed by atoms with E-state index < -0.39 is 0 Å². The summed E-state index contributed by atoms with van der Waals surface area (Å²) >= 11 is 0. The van der Waals surface area contributed by atoms with Gasteiger partial charge in [0.05, 0.1) is 5.69 Å². The van der Waals surface area contributed by atoms with Crippen molar-refractivity contribution in [2.24, 2.45) is 7.05 Å². The molecule has 1 unspecified atom stereocenters. The van der Waals surface area contributed by atoms with Crippen molar-refractivity contribution in [3.8, 4) is 0 Å². The molecule has 1 aromatic rings. The quantitative estimate of drug-likeness (QED) is 0.818. The molecular formula is C13H26N4. The Bertz CT molecular complexity index is 357. The molecule has 1 aromatic heterocycles. The van der Waals surface area contributed by atoms with Gasteiger partial charge in [-0.25, -0.2) is 0 Å². The van der Waals surface area contributed by atoms with Crippen LogP contribution >= 0.6 is 0 Å². The molecule has 1 heterocycles. The first-order valence-corrected chi connectivity index (χ1v) is 6.39. The fraction of sp³-hybridized carbons (Fsp3) is 0.769. The minimum atomic E-state index is 0.369. The molecule has 0 saturated carbocycles. The highest BCUT2D eigenvalue weighted by atomic mass is 15.3. The van der Waals surface area contributed by atoms with Gasteiger partial charge in [0.25, 0.3) is 0 Å². The maximum absolute atomic E-state index is 4.46. The smallest absolute Gasteiger partial charge is 0.0644 e. The summed E-state index contributed by atoms with van der Waals surface area (Å²) < 4.78 is 1.96. The zero-order valence-electron chi connectivity index (χ0n) is 12.0. The van der Waals surface area contributed by atoms with E-state index in [0.717, 1.165) is 25.3 Å². The van der Waals surface area contributed by atoms with Crippen molar-refractivity contribution in [3.63, 3.8) is 0 Å². The van der Waals surface area contributed by atoms with E-state index in [-0.39, 0.29) is 0 Å². The lowest BCUT2D eigenvalue weighted by molar-refractivity contribution is 0.342. The molecule has 0 amide bonds. The van der Waals surface area contributed by atoms with Crippen LogP contribution in [-0.4, -0.2) is 41.4 Å². The summed E-state index contributed by atoms with van der Waals surface area (Å²) in [6.07, 6.45) is 0. The van der Waals surface area contributed by atoms with Crippen molar-refractivity contribution in [2.75, 3.05) is 26.7 Å². The molecule has 0 fully saturated rings. The second kappa shape index (κ2) is 6.17. The van der Waals surface area contributed by atoms with Gasteiger partial charge in [0.15, 0.2) is 0 Å². The normalized spacial score (nSPS) is 13.4. The Kier molecular flexibility index (Phi) is 5.15. The van der Waals surface area contributed by atoms with Crippen LogP contribution in [0, 0.1) is 13.8 Å². The van der Waals surface area contributed by atoms with Crippen molar-refractivity contribution >= 4 is 0 Å². The summed E-state index contributed by atoms with van der Waals surface area (Å²) in [5, 5.41) is 8.02. The second-order valence-corrected chi connectivity index (χ2v) is 4.78. The SMILES string of the molecule is CCN(C)CCNC(C)c1c(C)nn(C)c1C. The van der Waals surface area contributed by atoms with Crippen LogP contribution in [0.15, 0.2) is 0 Å². The highest BCUT2D eigenvalue weighted by Gasteiger charge is 2.15. The second-order valence-electron chi connectivity index (χ2n) is 4.78. The third-order valence-corrected chi connectivity index (χ3v) is 3.48. The number of aryl methyl sites for hydroxylation is 2. The zero-order chi connectivity index (χ0) is 13.0. The minimum absolute atomic E-state index is 0.369. The van der Waals surface area contributed by atoms with Gasteiger partial charge in [-0.3, -0.25) is 4.68 Å². The van der Waals surface area contributed by atoms with Gasteiger partial charge >= 0.3 is 0 Å². The average Bonchev–Trinajstić information content (AvgIpc) is 2.52. The highest BCUT2D eigenvalue weighted by molar-refractivity contribution is 5.27. The minimum Gasteiger partial charge on any atom is -0.309 e. The molecule has 4 nitrogen and oxygen atoms in total. The molecule has 1 rings (SSSR count). The van der Waals surface area contributed by atoms with Crippen LogP contribution in [0.4, 0.5) is 0 Å². The van der Waals surface area contributed by atoms with E-state index in [1.165, 1.54) is 11.3 Å². The Hall–Kier alpha value is -0.870. The van der Waals surface area contributed by atoms with Crippen LogP contribution < -0.4 is 5.32 Å². The lowest BCUT2D eigenvalue weighted by Gasteiger charge is -2.18. The lowest BCUT2D eigenvalue weighted by Crippen LogP contribution is -2.30. The fourth-order valence-corrected chi connectivity index (χ4v) is 2.15. The van der Waals surface area contributed by atoms with E-state index in [4.69, 9.17) is 0 Å². The van der Waals surface area contributed by atoms with Gasteiger partial charge in [0.1, 0.15) is 0 Å². The molecule has 17 heavy (non-hydrogen) atoms. The van der Waals surface area contributed by atoms with Crippen LogP contribution in [0.5, 0.6) is 0 Å². The molecule has 0 radical (unpaired) electrons. The summed E-state index contributed by atoms with van der Waals surface area (Å²) in [6, 6.07) is 0.369. The van der Waals surface area contributed by atoms with Crippen LogP contribution in [0.1, 0.15) is 36.8 Å². The van der Waals surface area contributed by atoms with Crippen molar-refractivity contribution in [1.29, 1.82) is 0 Å². The lowest BCUT2D eigenvalue weighted by atomic mass is 10.1. The summed E-state index contributed by atoms with van der Waals surface area (Å²) in [4.78, 5) is 2.31. The molecule has 1 N–H and O–H groups in total. The molecule has 0 aromatic carbocycles. The Labute approximate surface area is 105 Å². The van der Waals surface area contributed by atoms with Crippen LogP contribution in [0.3, 0.4) is 0 Å². The largest absolute Gasteiger partial charge is 0.309 e. The first-order valence-electron chi connectivity index (χ1n) is 6.39. The number of nitrogens with one attached hydrogen (secondary N) is 1. The molecule has 4 heteroatoms. The van der Waals surface area contributed by atoms with E-state index in [2.05, 4.69) is 50.1 Å². The van der Waals surface area contributed by atoms with Crippen LogP contribution in [-0.2, 0) is 7.05 Å². The van der Waals surface area contributed by atoms with Gasteiger partial charge in [-0.15, -0.1) is 0 Å². The predicted octanol–water partition coefficient (Wildman–Crippen LogP) is 1.64. The summed E-state index contributed by atoms with van der Waals surface area (Å²) in [6.45, 7) is 11.8. The number of likely N-dealkylation sites (N-methyl/N-ethyl adjacent to an activating group) is 1. The number of hydrogen-bond donors (Lipinski definition) is 1. The fourth-order valence-electron chi connectivity index (χ4n) is 2.15. The maximum atomic E-state index is 4.46. The van der Waals surface area contributed by atoms with Crippen molar-refractivity contribution in [1.82, 2.24) is 20.0 Å². The first kappa shape index (κ1) is 14.2. The molecular weight excluding hydrogens is 212 g/mol. The molecule has 0 saturated heterocycles. The van der Waals surface area contributed by atoms with E-state index >= 15 is 0 Å². The number of rotatable bonds is 6. The molecule has 1 atom stereocenters. The van der Waals surface area contributed by atoms with E-state index in [9.17, 15) is 0 Å². The van der Waals surface area contributed by atoms with E-state index in [1.54, 1.807) is 0 Å². The van der Waals surface area contributed by atoms with Gasteiger partial charge in [0, 0.05) is 37.4 Å². The Morgan fingerprint density at radius 3 is 2.53 bits per heavy atom. The van der Waals surface area contributed by atoms with E-state index in [1.807, 2.05) is 11.7 Å². The van der Waals surface area contributed by atoms with Gasteiger partial charge in [-0.1, -0.05) is 6.92 Å². The number of nitrogens with zero attached hydrogens (tertiary/aromatic N) is 3. The monoisotopic (exact) mass is 238 g/mol. The zero-order valence-corrected chi connectivity index (χ0v) is 12.0. The highest BCUT2D eigenvalue weighted by Crippen LogP contribution is 2.20. The third-order valence-electron chi connectivity index (χ3n) is 3.48. The molecule has 0 spiro atoms. The van der Waals surface area contributed by atoms with Crippen molar-refractivity contribution < 1.29 is 0 Å². The topological polar surface area (TPSA) is 33.1 Å². The third kappa shape index (κ3) is 3.54. The van der Waals surface area contributed by atoms with Gasteiger partial charge in [0.2, 0.25) is 0 Å². The Morgan fingerprint density at radius 1 is 1.41 bits per heavy atom. The molecule has 0 aliphatic heterocycles.